The van der Waals surface area contributed by atoms with E-state index in [0.717, 1.165) is 11.6 Å². The molecule has 2 nitrogen and oxygen atoms in total. The zero-order valence-electron chi connectivity index (χ0n) is 12.9. The Kier molecular flexibility index (Phi) is 6.05. The molecule has 1 heterocycles. The van der Waals surface area contributed by atoms with Crippen LogP contribution >= 0.6 is 0 Å². The Balaban J connectivity index is 1.82. The lowest BCUT2D eigenvalue weighted by Crippen LogP contribution is -2.14. The van der Waals surface area contributed by atoms with Gasteiger partial charge < -0.3 is 0 Å². The van der Waals surface area contributed by atoms with Gasteiger partial charge in [-0.15, -0.1) is 5.10 Å². The molecule has 20 heavy (non-hydrogen) atoms. The highest BCUT2D eigenvalue weighted by atomic mass is 15.1. The highest BCUT2D eigenvalue weighted by molar-refractivity contribution is 5.26. The Morgan fingerprint density at radius 1 is 1.10 bits per heavy atom. The summed E-state index contributed by atoms with van der Waals surface area (Å²) < 4.78 is 0. The van der Waals surface area contributed by atoms with Gasteiger partial charge >= 0.3 is 0 Å². The van der Waals surface area contributed by atoms with Crippen LogP contribution in [0.25, 0.3) is 0 Å². The molecule has 0 N–H and O–H groups in total. The molecular weight excluding hydrogens is 244 g/mol. The van der Waals surface area contributed by atoms with Crippen molar-refractivity contribution in [3.63, 3.8) is 0 Å². The monoisotopic (exact) mass is 270 g/mol. The zero-order chi connectivity index (χ0) is 14.2. The molecule has 0 aliphatic heterocycles. The molecule has 0 bridgehead atoms. The lowest BCUT2D eigenvalue weighted by atomic mass is 9.78. The number of unbranched alkanes of at least 4 members (excludes halogenated alkanes) is 2. The van der Waals surface area contributed by atoms with Crippen LogP contribution in [0, 0.1) is 17.8 Å². The van der Waals surface area contributed by atoms with Gasteiger partial charge in [0.25, 0.3) is 0 Å². The van der Waals surface area contributed by atoms with Crippen LogP contribution in [0.15, 0.2) is 12.1 Å². The number of hydrogen-bond acceptors (Lipinski definition) is 2. The third-order valence-electron chi connectivity index (χ3n) is 4.42. The molecule has 1 saturated carbocycles. The van der Waals surface area contributed by atoms with Gasteiger partial charge in [0.15, 0.2) is 0 Å². The van der Waals surface area contributed by atoms with Crippen molar-refractivity contribution in [3.8, 4) is 11.8 Å². The van der Waals surface area contributed by atoms with Gasteiger partial charge in [-0.3, -0.25) is 0 Å². The van der Waals surface area contributed by atoms with E-state index in [1.165, 1.54) is 57.1 Å². The van der Waals surface area contributed by atoms with E-state index in [0.29, 0.717) is 5.92 Å². The van der Waals surface area contributed by atoms with Crippen LogP contribution in [0.1, 0.15) is 82.5 Å². The highest BCUT2D eigenvalue weighted by Gasteiger charge is 2.23. The molecule has 1 fully saturated rings. The average molecular weight is 270 g/mol. The summed E-state index contributed by atoms with van der Waals surface area (Å²) in [4.78, 5) is 0. The van der Waals surface area contributed by atoms with Crippen molar-refractivity contribution >= 4 is 0 Å². The molecule has 1 aliphatic carbocycles. The number of nitrogens with zero attached hydrogens (tertiary/aromatic N) is 2. The minimum Gasteiger partial charge on any atom is -0.154 e. The first-order valence-corrected chi connectivity index (χ1v) is 8.09. The van der Waals surface area contributed by atoms with Gasteiger partial charge in [-0.05, 0) is 56.6 Å². The van der Waals surface area contributed by atoms with E-state index in [1.54, 1.807) is 0 Å². The van der Waals surface area contributed by atoms with Gasteiger partial charge in [-0.2, -0.15) is 5.10 Å². The Labute approximate surface area is 123 Å². The van der Waals surface area contributed by atoms with Crippen molar-refractivity contribution in [1.29, 1.82) is 0 Å². The van der Waals surface area contributed by atoms with Crippen LogP contribution in [-0.4, -0.2) is 10.2 Å². The molecule has 1 aliphatic rings. The van der Waals surface area contributed by atoms with E-state index in [9.17, 15) is 0 Å². The highest BCUT2D eigenvalue weighted by Crippen LogP contribution is 2.36. The maximum Gasteiger partial charge on any atom is 0.135 e. The first-order valence-electron chi connectivity index (χ1n) is 8.09. The Morgan fingerprint density at radius 2 is 1.90 bits per heavy atom. The lowest BCUT2D eigenvalue weighted by Gasteiger charge is -2.27. The second-order valence-electron chi connectivity index (χ2n) is 5.93. The van der Waals surface area contributed by atoms with Crippen molar-refractivity contribution < 1.29 is 0 Å². The van der Waals surface area contributed by atoms with Gasteiger partial charge in [0.05, 0.1) is 5.69 Å². The molecule has 0 aromatic carbocycles. The second-order valence-corrected chi connectivity index (χ2v) is 5.93. The van der Waals surface area contributed by atoms with Crippen LogP contribution in [-0.2, 0) is 0 Å². The van der Waals surface area contributed by atoms with Crippen molar-refractivity contribution in [2.45, 2.75) is 71.1 Å². The minimum atomic E-state index is 0.619. The molecule has 0 spiro atoms. The summed E-state index contributed by atoms with van der Waals surface area (Å²) in [7, 11) is 0. The Hall–Kier alpha value is -1.36. The van der Waals surface area contributed by atoms with Gasteiger partial charge in [0.1, 0.15) is 5.69 Å². The summed E-state index contributed by atoms with van der Waals surface area (Å²) in [6.07, 6.45) is 10.9. The van der Waals surface area contributed by atoms with E-state index >= 15 is 0 Å². The molecule has 1 aromatic rings. The van der Waals surface area contributed by atoms with Crippen LogP contribution in [0.3, 0.4) is 0 Å². The van der Waals surface area contributed by atoms with E-state index in [4.69, 9.17) is 0 Å². The van der Waals surface area contributed by atoms with Gasteiger partial charge in [0, 0.05) is 5.92 Å². The quantitative estimate of drug-likeness (QED) is 0.572. The predicted molar refractivity (Wildman–Crippen MR) is 83.4 cm³/mol. The molecule has 2 heteroatoms. The van der Waals surface area contributed by atoms with Crippen molar-refractivity contribution in [2.24, 2.45) is 5.92 Å². The fourth-order valence-electron chi connectivity index (χ4n) is 3.18. The average Bonchev–Trinajstić information content (AvgIpc) is 2.49. The van der Waals surface area contributed by atoms with E-state index in [-0.39, 0.29) is 0 Å². The van der Waals surface area contributed by atoms with Crippen LogP contribution in [0.2, 0.25) is 0 Å². The van der Waals surface area contributed by atoms with Gasteiger partial charge in [-0.25, -0.2) is 0 Å². The fraction of sp³-hybridized carbons (Fsp3) is 0.667. The summed E-state index contributed by atoms with van der Waals surface area (Å²) in [5.74, 6) is 7.38. The molecule has 0 unspecified atom stereocenters. The van der Waals surface area contributed by atoms with Crippen LogP contribution in [0.5, 0.6) is 0 Å². The van der Waals surface area contributed by atoms with Crippen molar-refractivity contribution in [3.05, 3.63) is 23.5 Å². The standard InChI is InChI=1S/C18H26N2/c1-3-5-6-8-15-9-11-16(12-10-15)18-14-13-17(7-4-2)19-20-18/h13-16H,3,5-6,8-12H2,1-2H3/t15-,16-. The maximum atomic E-state index is 4.37. The molecule has 108 valence electrons. The molecule has 0 atom stereocenters. The number of rotatable bonds is 5. The first kappa shape index (κ1) is 15.0. The molecule has 2 rings (SSSR count). The predicted octanol–water partition coefficient (Wildman–Crippen LogP) is 4.70. The molecule has 0 amide bonds. The van der Waals surface area contributed by atoms with Gasteiger partial charge in [-0.1, -0.05) is 38.5 Å². The molecule has 0 radical (unpaired) electrons. The molecule has 0 saturated heterocycles. The third-order valence-corrected chi connectivity index (χ3v) is 4.42. The lowest BCUT2D eigenvalue weighted by molar-refractivity contribution is 0.299. The fourth-order valence-corrected chi connectivity index (χ4v) is 3.18. The largest absolute Gasteiger partial charge is 0.154 e. The zero-order valence-corrected chi connectivity index (χ0v) is 12.9. The number of aromatic nitrogens is 2. The minimum absolute atomic E-state index is 0.619. The second kappa shape index (κ2) is 8.04. The summed E-state index contributed by atoms with van der Waals surface area (Å²) in [5.41, 5.74) is 1.95. The smallest absolute Gasteiger partial charge is 0.135 e. The summed E-state index contributed by atoms with van der Waals surface area (Å²) in [5, 5.41) is 8.57. The summed E-state index contributed by atoms with van der Waals surface area (Å²) >= 11 is 0. The Morgan fingerprint density at radius 3 is 2.50 bits per heavy atom. The summed E-state index contributed by atoms with van der Waals surface area (Å²) in [6, 6.07) is 4.13. The van der Waals surface area contributed by atoms with E-state index in [1.807, 2.05) is 13.0 Å². The summed E-state index contributed by atoms with van der Waals surface area (Å²) in [6.45, 7) is 4.11. The number of hydrogen-bond donors (Lipinski definition) is 0. The Bertz CT molecular complexity index is 445. The third kappa shape index (κ3) is 4.34. The van der Waals surface area contributed by atoms with Crippen LogP contribution in [0.4, 0.5) is 0 Å². The van der Waals surface area contributed by atoms with E-state index in [2.05, 4.69) is 35.0 Å². The topological polar surface area (TPSA) is 25.8 Å². The SMILES string of the molecule is CC#Cc1ccc([C@H]2CC[C@H](CCCCC)CC2)nn1. The van der Waals surface area contributed by atoms with Crippen LogP contribution < -0.4 is 0 Å². The maximum absolute atomic E-state index is 4.37. The van der Waals surface area contributed by atoms with Gasteiger partial charge in [0.2, 0.25) is 0 Å². The van der Waals surface area contributed by atoms with E-state index < -0.39 is 0 Å². The molecular formula is C18H26N2. The van der Waals surface area contributed by atoms with Crippen molar-refractivity contribution in [1.82, 2.24) is 10.2 Å². The van der Waals surface area contributed by atoms with Crippen molar-refractivity contribution in [2.75, 3.05) is 0 Å². The molecule has 1 aromatic heterocycles. The first-order chi connectivity index (χ1) is 9.83. The normalized spacial score (nSPS) is 22.1.